The maximum Gasteiger partial charge on any atom is 0.309 e. The molecule has 1 aliphatic carbocycles. The van der Waals surface area contributed by atoms with Gasteiger partial charge in [0.1, 0.15) is 0 Å². The van der Waals surface area contributed by atoms with Gasteiger partial charge in [-0.25, -0.2) is 0 Å². The molecule has 0 atom stereocenters. The zero-order chi connectivity index (χ0) is 16.7. The number of ether oxygens (including phenoxy) is 1. The van der Waals surface area contributed by atoms with Crippen molar-refractivity contribution in [3.8, 4) is 0 Å². The van der Waals surface area contributed by atoms with Gasteiger partial charge in [-0.3, -0.25) is 14.4 Å². The number of ketones is 2. The lowest BCUT2D eigenvalue weighted by atomic mass is 9.83. The molecule has 0 aromatic heterocycles. The standard InChI is InChI=1S/C18H21NO4/c1-2-23-18(22)13-11-16(20)15(17(21)12-13)9-6-10-19-14-7-4-3-5-8-14/h3-5,7-9,13,19H,2,6,10-12H2,1H3. The van der Waals surface area contributed by atoms with Crippen LogP contribution in [-0.2, 0) is 19.1 Å². The summed E-state index contributed by atoms with van der Waals surface area (Å²) in [5, 5.41) is 3.22. The van der Waals surface area contributed by atoms with Crippen molar-refractivity contribution >= 4 is 23.2 Å². The molecule has 23 heavy (non-hydrogen) atoms. The van der Waals surface area contributed by atoms with E-state index in [1.54, 1.807) is 13.0 Å². The van der Waals surface area contributed by atoms with Crippen molar-refractivity contribution in [2.24, 2.45) is 5.92 Å². The summed E-state index contributed by atoms with van der Waals surface area (Å²) < 4.78 is 4.89. The molecule has 0 bridgehead atoms. The maximum atomic E-state index is 12.1. The Morgan fingerprint density at radius 1 is 1.22 bits per heavy atom. The van der Waals surface area contributed by atoms with Crippen molar-refractivity contribution in [3.63, 3.8) is 0 Å². The van der Waals surface area contributed by atoms with Crippen LogP contribution in [0.25, 0.3) is 0 Å². The number of hydrogen-bond acceptors (Lipinski definition) is 5. The summed E-state index contributed by atoms with van der Waals surface area (Å²) in [6, 6.07) is 9.71. The highest BCUT2D eigenvalue weighted by Gasteiger charge is 2.34. The molecule has 1 N–H and O–H groups in total. The highest BCUT2D eigenvalue weighted by molar-refractivity contribution is 6.23. The van der Waals surface area contributed by atoms with Crippen molar-refractivity contribution in [2.45, 2.75) is 26.2 Å². The lowest BCUT2D eigenvalue weighted by Crippen LogP contribution is -2.31. The van der Waals surface area contributed by atoms with Gasteiger partial charge < -0.3 is 10.1 Å². The first kappa shape index (κ1) is 16.9. The molecule has 1 aromatic rings. The number of carbonyl (C=O) groups is 3. The Morgan fingerprint density at radius 2 is 1.87 bits per heavy atom. The van der Waals surface area contributed by atoms with Crippen LogP contribution in [0, 0.1) is 5.92 Å². The van der Waals surface area contributed by atoms with Crippen LogP contribution in [0.3, 0.4) is 0 Å². The summed E-state index contributed by atoms with van der Waals surface area (Å²) in [6.07, 6.45) is 2.36. The Hall–Kier alpha value is -2.43. The van der Waals surface area contributed by atoms with Gasteiger partial charge in [0, 0.05) is 25.1 Å². The molecule has 0 spiro atoms. The van der Waals surface area contributed by atoms with Crippen LogP contribution in [0.5, 0.6) is 0 Å². The first-order valence-corrected chi connectivity index (χ1v) is 7.84. The van der Waals surface area contributed by atoms with Crippen LogP contribution in [0.1, 0.15) is 26.2 Å². The number of esters is 1. The summed E-state index contributed by atoms with van der Waals surface area (Å²) in [7, 11) is 0. The minimum Gasteiger partial charge on any atom is -0.466 e. The number of allylic oxidation sites excluding steroid dienone is 1. The fraction of sp³-hybridized carbons (Fsp3) is 0.389. The van der Waals surface area contributed by atoms with E-state index in [4.69, 9.17) is 4.74 Å². The van der Waals surface area contributed by atoms with Crippen molar-refractivity contribution in [1.29, 1.82) is 0 Å². The average Bonchev–Trinajstić information content (AvgIpc) is 2.54. The van der Waals surface area contributed by atoms with E-state index in [1.165, 1.54) is 0 Å². The average molecular weight is 315 g/mol. The van der Waals surface area contributed by atoms with Crippen LogP contribution < -0.4 is 5.32 Å². The Bertz CT molecular complexity index is 587. The summed E-state index contributed by atoms with van der Waals surface area (Å²) in [4.78, 5) is 35.8. The van der Waals surface area contributed by atoms with Gasteiger partial charge in [0.05, 0.1) is 18.1 Å². The van der Waals surface area contributed by atoms with Gasteiger partial charge in [0.25, 0.3) is 0 Å². The molecule has 0 saturated heterocycles. The smallest absolute Gasteiger partial charge is 0.309 e. The SMILES string of the molecule is CCOC(=O)C1CC(=O)C(=CCCNc2ccccc2)C(=O)C1. The predicted octanol–water partition coefficient (Wildman–Crippen LogP) is 2.53. The van der Waals surface area contributed by atoms with Gasteiger partial charge >= 0.3 is 5.97 Å². The second-order valence-electron chi connectivity index (χ2n) is 5.40. The van der Waals surface area contributed by atoms with Crippen LogP contribution in [0.4, 0.5) is 5.69 Å². The van der Waals surface area contributed by atoms with Crippen molar-refractivity contribution in [3.05, 3.63) is 42.0 Å². The zero-order valence-electron chi connectivity index (χ0n) is 13.2. The Kier molecular flexibility index (Phi) is 6.09. The Balaban J connectivity index is 1.87. The van der Waals surface area contributed by atoms with Gasteiger partial charge in [-0.15, -0.1) is 0 Å². The third-order valence-corrected chi connectivity index (χ3v) is 3.68. The number of Topliss-reactive ketones (excluding diaryl/α,β-unsaturated/α-hetero) is 2. The maximum absolute atomic E-state index is 12.1. The number of anilines is 1. The van der Waals surface area contributed by atoms with Crippen molar-refractivity contribution in [1.82, 2.24) is 0 Å². The molecule has 1 fully saturated rings. The molecule has 122 valence electrons. The van der Waals surface area contributed by atoms with E-state index < -0.39 is 11.9 Å². The Morgan fingerprint density at radius 3 is 2.48 bits per heavy atom. The number of rotatable bonds is 6. The Labute approximate surface area is 135 Å². The third-order valence-electron chi connectivity index (χ3n) is 3.68. The largest absolute Gasteiger partial charge is 0.466 e. The molecule has 1 aromatic carbocycles. The van der Waals surface area contributed by atoms with E-state index in [9.17, 15) is 14.4 Å². The number of nitrogens with one attached hydrogen (secondary N) is 1. The van der Waals surface area contributed by atoms with Gasteiger partial charge in [0.2, 0.25) is 0 Å². The van der Waals surface area contributed by atoms with Crippen molar-refractivity contribution < 1.29 is 19.1 Å². The summed E-state index contributed by atoms with van der Waals surface area (Å²) in [6.45, 7) is 2.59. The molecule has 0 amide bonds. The molecule has 0 unspecified atom stereocenters. The number of hydrogen-bond donors (Lipinski definition) is 1. The highest BCUT2D eigenvalue weighted by atomic mass is 16.5. The summed E-state index contributed by atoms with van der Waals surface area (Å²) in [5.74, 6) is -1.62. The molecule has 2 rings (SSSR count). The van der Waals surface area contributed by atoms with E-state index in [0.717, 1.165) is 5.69 Å². The minimum atomic E-state index is -0.630. The number of para-hydroxylation sites is 1. The minimum absolute atomic E-state index is 0.0581. The molecule has 1 aliphatic rings. The third kappa shape index (κ3) is 4.77. The molecule has 0 radical (unpaired) electrons. The van der Waals surface area contributed by atoms with Crippen LogP contribution in [-0.4, -0.2) is 30.7 Å². The van der Waals surface area contributed by atoms with E-state index in [-0.39, 0.29) is 36.6 Å². The van der Waals surface area contributed by atoms with E-state index >= 15 is 0 Å². The van der Waals surface area contributed by atoms with Gasteiger partial charge in [0.15, 0.2) is 11.6 Å². The molecule has 0 aliphatic heterocycles. The normalized spacial score (nSPS) is 17.8. The van der Waals surface area contributed by atoms with E-state index in [1.807, 2.05) is 30.3 Å². The lowest BCUT2D eigenvalue weighted by molar-refractivity contribution is -0.151. The number of carbonyl (C=O) groups excluding carboxylic acids is 3. The van der Waals surface area contributed by atoms with Crippen LogP contribution in [0.15, 0.2) is 42.0 Å². The van der Waals surface area contributed by atoms with Gasteiger partial charge in [-0.1, -0.05) is 24.3 Å². The summed E-state index contributed by atoms with van der Waals surface area (Å²) in [5.41, 5.74) is 1.22. The molecule has 5 nitrogen and oxygen atoms in total. The van der Waals surface area contributed by atoms with Gasteiger partial charge in [-0.2, -0.15) is 0 Å². The molecule has 1 saturated carbocycles. The molecule has 5 heteroatoms. The fourth-order valence-corrected chi connectivity index (χ4v) is 2.54. The topological polar surface area (TPSA) is 72.5 Å². The zero-order valence-corrected chi connectivity index (χ0v) is 13.2. The fourth-order valence-electron chi connectivity index (χ4n) is 2.54. The number of benzene rings is 1. The molecular formula is C18H21NO4. The van der Waals surface area contributed by atoms with E-state index in [0.29, 0.717) is 13.0 Å². The van der Waals surface area contributed by atoms with Crippen LogP contribution >= 0.6 is 0 Å². The van der Waals surface area contributed by atoms with Crippen LogP contribution in [0.2, 0.25) is 0 Å². The van der Waals surface area contributed by atoms with E-state index in [2.05, 4.69) is 5.32 Å². The molecule has 0 heterocycles. The first-order valence-electron chi connectivity index (χ1n) is 7.84. The second-order valence-corrected chi connectivity index (χ2v) is 5.40. The first-order chi connectivity index (χ1) is 11.1. The monoisotopic (exact) mass is 315 g/mol. The lowest BCUT2D eigenvalue weighted by Gasteiger charge is -2.20. The van der Waals surface area contributed by atoms with Crippen molar-refractivity contribution in [2.75, 3.05) is 18.5 Å². The second kappa shape index (κ2) is 8.27. The predicted molar refractivity (Wildman–Crippen MR) is 87.0 cm³/mol. The highest BCUT2D eigenvalue weighted by Crippen LogP contribution is 2.24. The summed E-state index contributed by atoms with van der Waals surface area (Å²) >= 11 is 0. The van der Waals surface area contributed by atoms with Gasteiger partial charge in [-0.05, 0) is 25.5 Å². The quantitative estimate of drug-likeness (QED) is 0.378. The molecular weight excluding hydrogens is 294 g/mol.